The molecule has 36 heavy (non-hydrogen) atoms. The highest BCUT2D eigenvalue weighted by Gasteiger charge is 2.24. The van der Waals surface area contributed by atoms with Crippen LogP contribution in [0.1, 0.15) is 17.8 Å². The van der Waals surface area contributed by atoms with E-state index in [-0.39, 0.29) is 6.01 Å². The molecule has 1 atom stereocenters. The number of likely N-dealkylation sites (N-methyl/N-ethyl adjacent to an activating group) is 1. The van der Waals surface area contributed by atoms with Crippen LogP contribution in [0.25, 0.3) is 10.6 Å². The van der Waals surface area contributed by atoms with Gasteiger partial charge in [-0.25, -0.2) is 15.0 Å². The maximum Gasteiger partial charge on any atom is 0.322 e. The molecule has 0 bridgehead atoms. The second kappa shape index (κ2) is 10.8. The molecule has 1 aliphatic rings. The Morgan fingerprint density at radius 3 is 2.75 bits per heavy atom. The Balaban J connectivity index is 1.23. The second-order valence-electron chi connectivity index (χ2n) is 8.90. The number of hydrogen-bond acceptors (Lipinski definition) is 10. The summed E-state index contributed by atoms with van der Waals surface area (Å²) >= 11 is 7.67. The third-order valence-corrected chi connectivity index (χ3v) is 7.18. The zero-order valence-electron chi connectivity index (χ0n) is 20.3. The Hall–Kier alpha value is -3.18. The van der Waals surface area contributed by atoms with Gasteiger partial charge in [-0.3, -0.25) is 9.88 Å². The Bertz CT molecular complexity index is 1330. The summed E-state index contributed by atoms with van der Waals surface area (Å²) in [7, 11) is 4.27. The van der Waals surface area contributed by atoms with E-state index in [1.165, 1.54) is 17.8 Å². The first-order valence-corrected chi connectivity index (χ1v) is 12.8. The quantitative estimate of drug-likeness (QED) is 0.342. The lowest BCUT2D eigenvalue weighted by atomic mass is 10.2. The number of likely N-dealkylation sites (tertiary alicyclic amines) is 1. The van der Waals surface area contributed by atoms with Gasteiger partial charge in [0.25, 0.3) is 0 Å². The summed E-state index contributed by atoms with van der Waals surface area (Å²) in [5.41, 5.74) is 2.46. The number of para-hydroxylation sites is 1. The third-order valence-electron chi connectivity index (χ3n) is 5.93. The molecule has 5 rings (SSSR count). The number of anilines is 2. The number of rotatable bonds is 8. The van der Waals surface area contributed by atoms with Crippen molar-refractivity contribution in [3.8, 4) is 22.3 Å². The smallest absolute Gasteiger partial charge is 0.322 e. The highest BCUT2D eigenvalue weighted by Crippen LogP contribution is 2.32. The normalized spacial score (nSPS) is 16.0. The van der Waals surface area contributed by atoms with Crippen molar-refractivity contribution in [1.82, 2.24) is 34.7 Å². The predicted molar refractivity (Wildman–Crippen MR) is 142 cm³/mol. The fraction of sp³-hybridized carbons (Fsp3) is 0.320. The van der Waals surface area contributed by atoms with Gasteiger partial charge in [-0.1, -0.05) is 35.1 Å². The van der Waals surface area contributed by atoms with E-state index in [9.17, 15) is 0 Å². The molecule has 1 N–H and O–H groups in total. The van der Waals surface area contributed by atoms with E-state index in [2.05, 4.69) is 54.1 Å². The van der Waals surface area contributed by atoms with Crippen molar-refractivity contribution in [2.75, 3.05) is 32.5 Å². The molecule has 3 aromatic heterocycles. The molecule has 1 fully saturated rings. The Kier molecular flexibility index (Phi) is 7.38. The molecule has 1 aliphatic heterocycles. The van der Waals surface area contributed by atoms with Crippen molar-refractivity contribution in [3.05, 3.63) is 65.3 Å². The highest BCUT2D eigenvalue weighted by molar-refractivity contribution is 7.18. The molecule has 1 aromatic carbocycles. The lowest BCUT2D eigenvalue weighted by Crippen LogP contribution is -2.31. The topological polar surface area (TPSA) is 92.2 Å². The molecule has 4 heterocycles. The molecular formula is C25H27ClN8OS. The molecule has 0 unspecified atom stereocenters. The van der Waals surface area contributed by atoms with Gasteiger partial charge in [-0.2, -0.15) is 4.98 Å². The van der Waals surface area contributed by atoms with Crippen molar-refractivity contribution >= 4 is 33.9 Å². The lowest BCUT2D eigenvalue weighted by molar-refractivity contribution is 0.263. The monoisotopic (exact) mass is 522 g/mol. The summed E-state index contributed by atoms with van der Waals surface area (Å²) in [5, 5.41) is 4.43. The maximum absolute atomic E-state index is 6.21. The molecule has 0 spiro atoms. The average Bonchev–Trinajstić information content (AvgIpc) is 3.52. The van der Waals surface area contributed by atoms with E-state index >= 15 is 0 Å². The molecule has 1 saturated heterocycles. The molecule has 11 heteroatoms. The van der Waals surface area contributed by atoms with Gasteiger partial charge < -0.3 is 15.0 Å². The van der Waals surface area contributed by atoms with E-state index < -0.39 is 0 Å². The largest absolute Gasteiger partial charge is 0.423 e. The van der Waals surface area contributed by atoms with Crippen molar-refractivity contribution in [2.24, 2.45) is 0 Å². The fourth-order valence-electron chi connectivity index (χ4n) is 4.01. The number of nitrogens with zero attached hydrogens (tertiary/aromatic N) is 7. The van der Waals surface area contributed by atoms with Gasteiger partial charge in [-0.05, 0) is 45.6 Å². The summed E-state index contributed by atoms with van der Waals surface area (Å²) in [6, 6.07) is 9.96. The number of hydrogen-bond donors (Lipinski definition) is 1. The van der Waals surface area contributed by atoms with Crippen molar-refractivity contribution in [2.45, 2.75) is 25.9 Å². The number of nitrogens with one attached hydrogen (secondary N) is 1. The Labute approximate surface area is 219 Å². The zero-order valence-corrected chi connectivity index (χ0v) is 21.9. The minimum Gasteiger partial charge on any atom is -0.423 e. The summed E-state index contributed by atoms with van der Waals surface area (Å²) in [5.74, 6) is 1.15. The fourth-order valence-corrected chi connectivity index (χ4v) is 4.96. The van der Waals surface area contributed by atoms with Crippen LogP contribution in [-0.4, -0.2) is 67.9 Å². The Morgan fingerprint density at radius 1 is 1.14 bits per heavy atom. The summed E-state index contributed by atoms with van der Waals surface area (Å²) in [6.45, 7) is 4.85. The van der Waals surface area contributed by atoms with Crippen molar-refractivity contribution in [3.63, 3.8) is 0 Å². The second-order valence-corrected chi connectivity index (χ2v) is 10.3. The molecule has 9 nitrogen and oxygen atoms in total. The molecule has 186 valence electrons. The van der Waals surface area contributed by atoms with Crippen molar-refractivity contribution < 1.29 is 4.74 Å². The van der Waals surface area contributed by atoms with Gasteiger partial charge in [-0.15, -0.1) is 0 Å². The number of aromatic nitrogens is 5. The van der Waals surface area contributed by atoms with Gasteiger partial charge in [0.15, 0.2) is 10.9 Å². The number of benzene rings is 1. The van der Waals surface area contributed by atoms with Gasteiger partial charge >= 0.3 is 6.01 Å². The third kappa shape index (κ3) is 5.96. The van der Waals surface area contributed by atoms with E-state index in [1.54, 1.807) is 24.5 Å². The predicted octanol–water partition coefficient (Wildman–Crippen LogP) is 5.02. The first-order chi connectivity index (χ1) is 17.4. The molecular weight excluding hydrogens is 496 g/mol. The minimum atomic E-state index is 0.234. The molecule has 4 aromatic rings. The van der Waals surface area contributed by atoms with Gasteiger partial charge in [0.1, 0.15) is 5.75 Å². The van der Waals surface area contributed by atoms with Crippen molar-refractivity contribution in [1.29, 1.82) is 0 Å². The average molecular weight is 523 g/mol. The summed E-state index contributed by atoms with van der Waals surface area (Å²) in [6.07, 6.45) is 6.53. The van der Waals surface area contributed by atoms with E-state index in [0.717, 1.165) is 41.6 Å². The van der Waals surface area contributed by atoms with Gasteiger partial charge in [0, 0.05) is 37.6 Å². The first kappa shape index (κ1) is 24.5. The van der Waals surface area contributed by atoms with Gasteiger partial charge in [0.2, 0.25) is 0 Å². The van der Waals surface area contributed by atoms with Crippen LogP contribution in [0.5, 0.6) is 11.8 Å². The van der Waals surface area contributed by atoms with Crippen LogP contribution in [0.2, 0.25) is 5.02 Å². The molecule has 0 amide bonds. The standard InChI is InChI=1S/C25H27ClN8OS/c1-16-10-20(31-24(30-16)35-21-7-5-4-6-19(21)26)22-12-29-25(36-22)32-23-13-27-17(11-28-23)14-34-9-8-18(15-34)33(2)3/h4-7,10-13,18H,8-9,14-15H2,1-3H3,(H,28,29,32)/t18-/m1/s1. The first-order valence-electron chi connectivity index (χ1n) is 11.6. The van der Waals surface area contributed by atoms with E-state index in [4.69, 9.17) is 16.3 Å². The highest BCUT2D eigenvalue weighted by atomic mass is 35.5. The van der Waals surface area contributed by atoms with Crippen LogP contribution in [0, 0.1) is 6.92 Å². The summed E-state index contributed by atoms with van der Waals surface area (Å²) < 4.78 is 5.82. The van der Waals surface area contributed by atoms with Crippen LogP contribution >= 0.6 is 22.9 Å². The molecule has 0 radical (unpaired) electrons. The lowest BCUT2D eigenvalue weighted by Gasteiger charge is -2.20. The van der Waals surface area contributed by atoms with Gasteiger partial charge in [0.05, 0.1) is 33.7 Å². The SMILES string of the molecule is Cc1cc(-c2cnc(Nc3cnc(CN4CC[C@@H](N(C)C)C4)cn3)s2)nc(Oc2ccccc2Cl)n1. The van der Waals surface area contributed by atoms with Crippen LogP contribution in [0.3, 0.4) is 0 Å². The summed E-state index contributed by atoms with van der Waals surface area (Å²) in [4.78, 5) is 28.1. The minimum absolute atomic E-state index is 0.234. The maximum atomic E-state index is 6.21. The van der Waals surface area contributed by atoms with Crippen LogP contribution < -0.4 is 10.1 Å². The Morgan fingerprint density at radius 2 is 2.00 bits per heavy atom. The molecule has 0 saturated carbocycles. The van der Waals surface area contributed by atoms with E-state index in [0.29, 0.717) is 27.8 Å². The number of aryl methyl sites for hydroxylation is 1. The van der Waals surface area contributed by atoms with Crippen LogP contribution in [-0.2, 0) is 6.54 Å². The zero-order chi connectivity index (χ0) is 25.1. The van der Waals surface area contributed by atoms with Crippen LogP contribution in [0.15, 0.2) is 48.9 Å². The van der Waals surface area contributed by atoms with E-state index in [1.807, 2.05) is 31.3 Å². The molecule has 0 aliphatic carbocycles. The number of thiazole rings is 1. The van der Waals surface area contributed by atoms with Crippen LogP contribution in [0.4, 0.5) is 10.9 Å². The number of ether oxygens (including phenoxy) is 1. The number of halogens is 1.